The minimum Gasteiger partial charge on any atom is -0.325 e. The fourth-order valence-electron chi connectivity index (χ4n) is 3.86. The number of aromatic nitrogens is 2. The summed E-state index contributed by atoms with van der Waals surface area (Å²) in [5.74, 6) is -0.644. The zero-order valence-corrected chi connectivity index (χ0v) is 24.0. The summed E-state index contributed by atoms with van der Waals surface area (Å²) in [5.41, 5.74) is 3.71. The number of carbonyl (C=O) groups excluding carboxylic acids is 1. The van der Waals surface area contributed by atoms with Crippen LogP contribution in [0.1, 0.15) is 22.5 Å². The number of hydrogen-bond donors (Lipinski definition) is 2. The first-order valence-electron chi connectivity index (χ1n) is 12.2. The number of aryl methyl sites for hydroxylation is 4. The highest BCUT2D eigenvalue weighted by molar-refractivity contribution is 7.93. The Morgan fingerprint density at radius 1 is 0.725 bits per heavy atom. The van der Waals surface area contributed by atoms with Gasteiger partial charge < -0.3 is 5.32 Å². The number of nitrogens with one attached hydrogen (secondary N) is 2. The quantitative estimate of drug-likeness (QED) is 0.301. The van der Waals surface area contributed by atoms with E-state index in [0.717, 1.165) is 15.4 Å². The lowest BCUT2D eigenvalue weighted by Gasteiger charge is -2.24. The lowest BCUT2D eigenvalue weighted by atomic mass is 10.2. The molecule has 0 unspecified atom stereocenters. The van der Waals surface area contributed by atoms with Crippen LogP contribution in [0.15, 0.2) is 88.7 Å². The van der Waals surface area contributed by atoms with Crippen molar-refractivity contribution in [3.8, 4) is 0 Å². The van der Waals surface area contributed by atoms with Gasteiger partial charge in [0.2, 0.25) is 11.9 Å². The Labute approximate surface area is 234 Å². The van der Waals surface area contributed by atoms with E-state index in [-0.39, 0.29) is 15.7 Å². The van der Waals surface area contributed by atoms with Crippen molar-refractivity contribution in [1.82, 2.24) is 9.97 Å². The Hall–Kier alpha value is -4.29. The standard InChI is InChI=1S/C28H29N5O5S2/c1-19-5-11-24(12-6-19)33(40(37,38)26-13-7-20(2)8-14-26)18-27(34)31-23-9-15-25(16-10-23)39(35,36)32-28-29-21(3)17-22(4)30-28/h5-17H,18H2,1-4H3,(H,31,34)(H,29,30,32). The number of carbonyl (C=O) groups is 1. The zero-order chi connectivity index (χ0) is 29.1. The first-order chi connectivity index (χ1) is 18.8. The molecule has 2 N–H and O–H groups in total. The van der Waals surface area contributed by atoms with Crippen LogP contribution in [0.25, 0.3) is 0 Å². The van der Waals surface area contributed by atoms with Crippen molar-refractivity contribution in [2.45, 2.75) is 37.5 Å². The maximum atomic E-state index is 13.5. The molecule has 208 valence electrons. The molecule has 40 heavy (non-hydrogen) atoms. The molecule has 3 aromatic carbocycles. The normalized spacial score (nSPS) is 11.6. The monoisotopic (exact) mass is 579 g/mol. The molecule has 4 aromatic rings. The van der Waals surface area contributed by atoms with Gasteiger partial charge in [0.05, 0.1) is 15.5 Å². The summed E-state index contributed by atoms with van der Waals surface area (Å²) in [6.45, 7) is 6.70. The van der Waals surface area contributed by atoms with E-state index in [4.69, 9.17) is 0 Å². The third-order valence-corrected chi connectivity index (χ3v) is 9.01. The Morgan fingerprint density at radius 3 is 1.77 bits per heavy atom. The van der Waals surface area contributed by atoms with Crippen LogP contribution < -0.4 is 14.3 Å². The number of rotatable bonds is 9. The number of nitrogens with zero attached hydrogens (tertiary/aromatic N) is 3. The predicted octanol–water partition coefficient (Wildman–Crippen LogP) is 4.35. The molecule has 0 saturated carbocycles. The lowest BCUT2D eigenvalue weighted by Crippen LogP contribution is -2.38. The molecule has 0 aliphatic heterocycles. The molecule has 0 radical (unpaired) electrons. The molecular weight excluding hydrogens is 550 g/mol. The van der Waals surface area contributed by atoms with E-state index in [1.54, 1.807) is 56.3 Å². The van der Waals surface area contributed by atoms with Crippen LogP contribution in [0.5, 0.6) is 0 Å². The summed E-state index contributed by atoms with van der Waals surface area (Å²) in [6, 6.07) is 20.4. The molecule has 12 heteroatoms. The number of benzene rings is 3. The predicted molar refractivity (Wildman–Crippen MR) is 154 cm³/mol. The molecule has 0 saturated heterocycles. The van der Waals surface area contributed by atoms with Crippen molar-refractivity contribution in [3.05, 3.63) is 101 Å². The average Bonchev–Trinajstić information content (AvgIpc) is 2.87. The van der Waals surface area contributed by atoms with E-state index in [1.165, 1.54) is 36.4 Å². The summed E-state index contributed by atoms with van der Waals surface area (Å²) in [5, 5.41) is 2.64. The van der Waals surface area contributed by atoms with Crippen LogP contribution in [0.2, 0.25) is 0 Å². The molecular formula is C28H29N5O5S2. The summed E-state index contributed by atoms with van der Waals surface area (Å²) in [7, 11) is -8.04. The molecule has 0 fully saturated rings. The highest BCUT2D eigenvalue weighted by Gasteiger charge is 2.27. The summed E-state index contributed by atoms with van der Waals surface area (Å²) < 4.78 is 56.0. The second-order valence-corrected chi connectivity index (χ2v) is 12.9. The lowest BCUT2D eigenvalue weighted by molar-refractivity contribution is -0.114. The van der Waals surface area contributed by atoms with E-state index in [2.05, 4.69) is 20.0 Å². The Kier molecular flexibility index (Phi) is 8.21. The van der Waals surface area contributed by atoms with Crippen molar-refractivity contribution in [1.29, 1.82) is 0 Å². The fourth-order valence-corrected chi connectivity index (χ4v) is 6.23. The van der Waals surface area contributed by atoms with Crippen LogP contribution in [0.3, 0.4) is 0 Å². The molecule has 10 nitrogen and oxygen atoms in total. The smallest absolute Gasteiger partial charge is 0.264 e. The first kappa shape index (κ1) is 28.7. The van der Waals surface area contributed by atoms with E-state index in [1.807, 2.05) is 13.8 Å². The van der Waals surface area contributed by atoms with Gasteiger partial charge in [-0.2, -0.15) is 0 Å². The largest absolute Gasteiger partial charge is 0.325 e. The van der Waals surface area contributed by atoms with Crippen LogP contribution in [0, 0.1) is 27.7 Å². The van der Waals surface area contributed by atoms with Crippen LogP contribution in [0.4, 0.5) is 17.3 Å². The third-order valence-electron chi connectivity index (χ3n) is 5.87. The highest BCUT2D eigenvalue weighted by Crippen LogP contribution is 2.25. The molecule has 0 aliphatic carbocycles. The van der Waals surface area contributed by atoms with Crippen molar-refractivity contribution in [2.24, 2.45) is 0 Å². The minimum absolute atomic E-state index is 0.0409. The fraction of sp³-hybridized carbons (Fsp3) is 0.179. The maximum absolute atomic E-state index is 13.5. The van der Waals surface area contributed by atoms with Crippen molar-refractivity contribution < 1.29 is 21.6 Å². The summed E-state index contributed by atoms with van der Waals surface area (Å²) in [6.07, 6.45) is 0. The average molecular weight is 580 g/mol. The van der Waals surface area contributed by atoms with E-state index in [0.29, 0.717) is 22.8 Å². The van der Waals surface area contributed by atoms with Gasteiger partial charge in [0, 0.05) is 17.1 Å². The van der Waals surface area contributed by atoms with Gasteiger partial charge in [-0.15, -0.1) is 0 Å². The highest BCUT2D eigenvalue weighted by atomic mass is 32.2. The zero-order valence-electron chi connectivity index (χ0n) is 22.4. The first-order valence-corrected chi connectivity index (χ1v) is 15.2. The Morgan fingerprint density at radius 2 is 1.23 bits per heavy atom. The Bertz CT molecular complexity index is 1720. The van der Waals surface area contributed by atoms with Gasteiger partial charge in [0.15, 0.2) is 0 Å². The van der Waals surface area contributed by atoms with Crippen LogP contribution in [-0.4, -0.2) is 39.3 Å². The minimum atomic E-state index is -4.06. The van der Waals surface area contributed by atoms with Gasteiger partial charge in [-0.1, -0.05) is 35.4 Å². The topological polar surface area (TPSA) is 138 Å². The molecule has 1 amide bonds. The number of sulfonamides is 2. The van der Waals surface area contributed by atoms with Gasteiger partial charge in [-0.05, 0) is 82.3 Å². The van der Waals surface area contributed by atoms with Gasteiger partial charge in [0.1, 0.15) is 6.54 Å². The second-order valence-electron chi connectivity index (χ2n) is 9.31. The van der Waals surface area contributed by atoms with E-state index >= 15 is 0 Å². The summed E-state index contributed by atoms with van der Waals surface area (Å²) in [4.78, 5) is 21.2. The van der Waals surface area contributed by atoms with Crippen molar-refractivity contribution >= 4 is 43.3 Å². The molecule has 0 atom stereocenters. The summed E-state index contributed by atoms with van der Waals surface area (Å²) >= 11 is 0. The number of hydrogen-bond acceptors (Lipinski definition) is 7. The van der Waals surface area contributed by atoms with Crippen molar-refractivity contribution in [3.63, 3.8) is 0 Å². The molecule has 1 aromatic heterocycles. The molecule has 0 bridgehead atoms. The van der Waals surface area contributed by atoms with Gasteiger partial charge in [-0.3, -0.25) is 9.10 Å². The van der Waals surface area contributed by atoms with Gasteiger partial charge in [-0.25, -0.2) is 31.5 Å². The van der Waals surface area contributed by atoms with E-state index in [9.17, 15) is 21.6 Å². The second kappa shape index (κ2) is 11.4. The van der Waals surface area contributed by atoms with Crippen molar-refractivity contribution in [2.75, 3.05) is 20.9 Å². The molecule has 0 spiro atoms. The Balaban J connectivity index is 1.53. The third kappa shape index (κ3) is 6.82. The SMILES string of the molecule is Cc1ccc(N(CC(=O)Nc2ccc(S(=O)(=O)Nc3nc(C)cc(C)n3)cc2)S(=O)(=O)c2ccc(C)cc2)cc1. The van der Waals surface area contributed by atoms with Crippen LogP contribution in [-0.2, 0) is 24.8 Å². The number of amides is 1. The molecule has 4 rings (SSSR count). The maximum Gasteiger partial charge on any atom is 0.264 e. The molecule has 0 aliphatic rings. The van der Waals surface area contributed by atoms with E-state index < -0.39 is 32.5 Å². The van der Waals surface area contributed by atoms with Crippen LogP contribution >= 0.6 is 0 Å². The van der Waals surface area contributed by atoms with Gasteiger partial charge in [0.25, 0.3) is 20.0 Å². The number of anilines is 3. The molecule has 1 heterocycles. The van der Waals surface area contributed by atoms with Gasteiger partial charge >= 0.3 is 0 Å².